The molecule has 0 fully saturated rings. The van der Waals surface area contributed by atoms with E-state index in [1.165, 1.54) is 5.56 Å². The zero-order valence-corrected chi connectivity index (χ0v) is 14.4. The van der Waals surface area contributed by atoms with Crippen molar-refractivity contribution in [1.82, 2.24) is 9.97 Å². The molecule has 126 valence electrons. The molecule has 3 rings (SSSR count). The summed E-state index contributed by atoms with van der Waals surface area (Å²) in [6, 6.07) is 22.4. The first-order chi connectivity index (χ1) is 12.3. The first-order valence-corrected chi connectivity index (χ1v) is 8.30. The van der Waals surface area contributed by atoms with E-state index in [1.807, 2.05) is 55.6 Å². The van der Waals surface area contributed by atoms with Gasteiger partial charge in [0.15, 0.2) is 5.82 Å². The van der Waals surface area contributed by atoms with Crippen molar-refractivity contribution in [3.05, 3.63) is 84.9 Å². The highest BCUT2D eigenvalue weighted by molar-refractivity contribution is 5.61. The van der Waals surface area contributed by atoms with Crippen LogP contribution in [0.3, 0.4) is 0 Å². The minimum atomic E-state index is 0.660. The van der Waals surface area contributed by atoms with Crippen LogP contribution in [0.25, 0.3) is 11.4 Å². The van der Waals surface area contributed by atoms with E-state index >= 15 is 0 Å². The predicted molar refractivity (Wildman–Crippen MR) is 105 cm³/mol. The Morgan fingerprint density at radius 3 is 2.36 bits per heavy atom. The Morgan fingerprint density at radius 1 is 1.00 bits per heavy atom. The molecule has 0 saturated carbocycles. The first-order valence-electron chi connectivity index (χ1n) is 8.30. The quantitative estimate of drug-likeness (QED) is 0.653. The summed E-state index contributed by atoms with van der Waals surface area (Å²) < 4.78 is 0. The fraction of sp³-hybridized carbons (Fsp3) is 0.143. The number of aromatic nitrogens is 2. The SMILES string of the molecule is C=CCNc1cc(N(C)Cc2ccccc2)nc(-c2ccccc2)n1. The van der Waals surface area contributed by atoms with Crippen molar-refractivity contribution in [3.63, 3.8) is 0 Å². The number of nitrogens with one attached hydrogen (secondary N) is 1. The molecule has 0 amide bonds. The normalized spacial score (nSPS) is 10.3. The highest BCUT2D eigenvalue weighted by atomic mass is 15.2. The van der Waals surface area contributed by atoms with Crippen LogP contribution in [0.2, 0.25) is 0 Å². The summed E-state index contributed by atoms with van der Waals surface area (Å²) >= 11 is 0. The molecule has 1 N–H and O–H groups in total. The molecule has 4 nitrogen and oxygen atoms in total. The summed E-state index contributed by atoms with van der Waals surface area (Å²) in [6.45, 7) is 5.20. The molecule has 0 spiro atoms. The highest BCUT2D eigenvalue weighted by Crippen LogP contribution is 2.22. The monoisotopic (exact) mass is 330 g/mol. The third-order valence-corrected chi connectivity index (χ3v) is 3.83. The summed E-state index contributed by atoms with van der Waals surface area (Å²) in [5.74, 6) is 2.39. The first kappa shape index (κ1) is 16.7. The van der Waals surface area contributed by atoms with E-state index in [0.29, 0.717) is 12.4 Å². The van der Waals surface area contributed by atoms with E-state index in [4.69, 9.17) is 4.98 Å². The Labute approximate surface area is 148 Å². The van der Waals surface area contributed by atoms with Gasteiger partial charge in [0.25, 0.3) is 0 Å². The second-order valence-corrected chi connectivity index (χ2v) is 5.81. The van der Waals surface area contributed by atoms with E-state index < -0.39 is 0 Å². The van der Waals surface area contributed by atoms with Gasteiger partial charge in [0, 0.05) is 31.8 Å². The number of anilines is 2. The van der Waals surface area contributed by atoms with Crippen LogP contribution < -0.4 is 10.2 Å². The Hall–Kier alpha value is -3.14. The lowest BCUT2D eigenvalue weighted by Crippen LogP contribution is -2.18. The minimum absolute atomic E-state index is 0.660. The van der Waals surface area contributed by atoms with Gasteiger partial charge in [-0.05, 0) is 5.56 Å². The third kappa shape index (κ3) is 4.44. The van der Waals surface area contributed by atoms with Gasteiger partial charge in [-0.2, -0.15) is 0 Å². The second kappa shape index (κ2) is 8.11. The Kier molecular flexibility index (Phi) is 5.42. The maximum atomic E-state index is 4.76. The predicted octanol–water partition coefficient (Wildman–Crippen LogP) is 4.38. The number of benzene rings is 2. The van der Waals surface area contributed by atoms with E-state index in [0.717, 1.165) is 23.7 Å². The van der Waals surface area contributed by atoms with Gasteiger partial charge >= 0.3 is 0 Å². The average Bonchev–Trinajstić information content (AvgIpc) is 2.67. The van der Waals surface area contributed by atoms with Gasteiger partial charge in [-0.25, -0.2) is 9.97 Å². The van der Waals surface area contributed by atoms with Gasteiger partial charge in [0.1, 0.15) is 11.6 Å². The number of hydrogen-bond acceptors (Lipinski definition) is 4. The molecule has 0 radical (unpaired) electrons. The van der Waals surface area contributed by atoms with Gasteiger partial charge < -0.3 is 10.2 Å². The molecule has 3 aromatic rings. The molecule has 0 aliphatic carbocycles. The van der Waals surface area contributed by atoms with Crippen LogP contribution in [-0.2, 0) is 6.54 Å². The maximum Gasteiger partial charge on any atom is 0.163 e. The lowest BCUT2D eigenvalue weighted by Gasteiger charge is -2.20. The molecule has 0 aliphatic heterocycles. The Morgan fingerprint density at radius 2 is 1.68 bits per heavy atom. The molecule has 2 aromatic carbocycles. The number of nitrogens with zero attached hydrogens (tertiary/aromatic N) is 3. The van der Waals surface area contributed by atoms with Gasteiger partial charge in [0.05, 0.1) is 0 Å². The van der Waals surface area contributed by atoms with Crippen molar-refractivity contribution in [2.75, 3.05) is 23.8 Å². The zero-order valence-electron chi connectivity index (χ0n) is 14.4. The maximum absolute atomic E-state index is 4.76. The Balaban J connectivity index is 1.92. The van der Waals surface area contributed by atoms with Crippen LogP contribution in [0.4, 0.5) is 11.6 Å². The molecule has 0 unspecified atom stereocenters. The molecule has 0 aliphatic rings. The minimum Gasteiger partial charge on any atom is -0.366 e. The molecule has 0 bridgehead atoms. The molecule has 25 heavy (non-hydrogen) atoms. The molecular weight excluding hydrogens is 308 g/mol. The van der Waals surface area contributed by atoms with E-state index in [-0.39, 0.29) is 0 Å². The lowest BCUT2D eigenvalue weighted by atomic mass is 10.2. The lowest BCUT2D eigenvalue weighted by molar-refractivity contribution is 0.893. The van der Waals surface area contributed by atoms with Gasteiger partial charge in [0.2, 0.25) is 0 Å². The molecule has 1 heterocycles. The molecule has 1 aromatic heterocycles. The van der Waals surface area contributed by atoms with Crippen LogP contribution in [-0.4, -0.2) is 23.6 Å². The Bertz CT molecular complexity index is 816. The zero-order chi connectivity index (χ0) is 17.5. The average molecular weight is 330 g/mol. The van der Waals surface area contributed by atoms with Crippen LogP contribution in [0.15, 0.2) is 79.4 Å². The van der Waals surface area contributed by atoms with Gasteiger partial charge in [-0.15, -0.1) is 6.58 Å². The van der Waals surface area contributed by atoms with Crippen LogP contribution in [0.5, 0.6) is 0 Å². The van der Waals surface area contributed by atoms with Crippen molar-refractivity contribution in [2.24, 2.45) is 0 Å². The van der Waals surface area contributed by atoms with Crippen LogP contribution >= 0.6 is 0 Å². The summed E-state index contributed by atoms with van der Waals surface area (Å²) in [7, 11) is 2.04. The van der Waals surface area contributed by atoms with E-state index in [1.54, 1.807) is 0 Å². The molecule has 4 heteroatoms. The van der Waals surface area contributed by atoms with Crippen molar-refractivity contribution < 1.29 is 0 Å². The smallest absolute Gasteiger partial charge is 0.163 e. The van der Waals surface area contributed by atoms with Crippen LogP contribution in [0, 0.1) is 0 Å². The second-order valence-electron chi connectivity index (χ2n) is 5.81. The summed E-state index contributed by atoms with van der Waals surface area (Å²) in [6.07, 6.45) is 1.82. The summed E-state index contributed by atoms with van der Waals surface area (Å²) in [4.78, 5) is 11.5. The largest absolute Gasteiger partial charge is 0.366 e. The van der Waals surface area contributed by atoms with Crippen molar-refractivity contribution >= 4 is 11.6 Å². The molecular formula is C21H22N4. The van der Waals surface area contributed by atoms with E-state index in [9.17, 15) is 0 Å². The number of rotatable bonds is 7. The molecule has 0 saturated heterocycles. The fourth-order valence-electron chi connectivity index (χ4n) is 2.55. The molecule has 0 atom stereocenters. The highest BCUT2D eigenvalue weighted by Gasteiger charge is 2.10. The standard InChI is InChI=1S/C21H22N4/c1-3-14-22-19-15-20(25(2)16-17-10-6-4-7-11-17)24-21(23-19)18-12-8-5-9-13-18/h3-13,15H,1,14,16H2,2H3,(H,22,23,24). The van der Waals surface area contributed by atoms with Crippen molar-refractivity contribution in [3.8, 4) is 11.4 Å². The summed E-state index contributed by atoms with van der Waals surface area (Å²) in [5, 5.41) is 3.27. The van der Waals surface area contributed by atoms with Crippen LogP contribution in [0.1, 0.15) is 5.56 Å². The van der Waals surface area contributed by atoms with Gasteiger partial charge in [-0.3, -0.25) is 0 Å². The fourth-order valence-corrected chi connectivity index (χ4v) is 2.55. The topological polar surface area (TPSA) is 41.0 Å². The third-order valence-electron chi connectivity index (χ3n) is 3.83. The number of hydrogen-bond donors (Lipinski definition) is 1. The van der Waals surface area contributed by atoms with E-state index in [2.05, 4.69) is 46.0 Å². The van der Waals surface area contributed by atoms with Crippen molar-refractivity contribution in [1.29, 1.82) is 0 Å². The summed E-state index contributed by atoms with van der Waals surface area (Å²) in [5.41, 5.74) is 2.24. The van der Waals surface area contributed by atoms with Gasteiger partial charge in [-0.1, -0.05) is 66.7 Å². The van der Waals surface area contributed by atoms with Crippen molar-refractivity contribution in [2.45, 2.75) is 6.54 Å².